The van der Waals surface area contributed by atoms with Gasteiger partial charge in [0, 0.05) is 9.94 Å². The largest absolute Gasteiger partial charge is 0.497 e. The SMILES string of the molecule is CC1(C)OB(c2cc(Br)cc(Br)c2F)OC1(C)C. The first-order valence-corrected chi connectivity index (χ1v) is 7.23. The van der Waals surface area contributed by atoms with E-state index < -0.39 is 18.3 Å². The van der Waals surface area contributed by atoms with E-state index in [4.69, 9.17) is 9.31 Å². The summed E-state index contributed by atoms with van der Waals surface area (Å²) in [5, 5.41) is 0. The van der Waals surface area contributed by atoms with Crippen LogP contribution in [0.5, 0.6) is 0 Å². The van der Waals surface area contributed by atoms with Crippen LogP contribution in [0, 0.1) is 5.82 Å². The second-order valence-electron chi connectivity index (χ2n) is 5.38. The summed E-state index contributed by atoms with van der Waals surface area (Å²) < 4.78 is 27.0. The molecule has 1 aliphatic heterocycles. The van der Waals surface area contributed by atoms with Crippen LogP contribution in [-0.2, 0) is 9.31 Å². The van der Waals surface area contributed by atoms with Gasteiger partial charge in [0.2, 0.25) is 0 Å². The first-order chi connectivity index (χ1) is 8.14. The molecule has 0 saturated carbocycles. The lowest BCUT2D eigenvalue weighted by Crippen LogP contribution is -2.41. The lowest BCUT2D eigenvalue weighted by Gasteiger charge is -2.32. The van der Waals surface area contributed by atoms with Crippen molar-refractivity contribution in [2.24, 2.45) is 0 Å². The molecule has 1 aromatic carbocycles. The van der Waals surface area contributed by atoms with Crippen molar-refractivity contribution in [3.8, 4) is 0 Å². The van der Waals surface area contributed by atoms with E-state index in [-0.39, 0.29) is 5.82 Å². The van der Waals surface area contributed by atoms with Gasteiger partial charge in [0.15, 0.2) is 0 Å². The molecule has 6 heteroatoms. The van der Waals surface area contributed by atoms with Gasteiger partial charge in [0.25, 0.3) is 0 Å². The molecule has 2 rings (SSSR count). The smallest absolute Gasteiger partial charge is 0.399 e. The van der Waals surface area contributed by atoms with Crippen molar-refractivity contribution in [2.75, 3.05) is 0 Å². The van der Waals surface area contributed by atoms with E-state index in [1.807, 2.05) is 27.7 Å². The van der Waals surface area contributed by atoms with E-state index in [0.29, 0.717) is 9.94 Å². The average molecular weight is 380 g/mol. The lowest BCUT2D eigenvalue weighted by atomic mass is 9.79. The number of hydrogen-bond donors (Lipinski definition) is 0. The van der Waals surface area contributed by atoms with E-state index in [9.17, 15) is 4.39 Å². The fourth-order valence-corrected chi connectivity index (χ4v) is 2.98. The molecular formula is C12H14BBr2FO2. The van der Waals surface area contributed by atoms with Crippen molar-refractivity contribution in [3.05, 3.63) is 26.9 Å². The van der Waals surface area contributed by atoms with Crippen molar-refractivity contribution in [2.45, 2.75) is 38.9 Å². The third-order valence-electron chi connectivity index (χ3n) is 3.53. The second-order valence-corrected chi connectivity index (χ2v) is 7.15. The van der Waals surface area contributed by atoms with Crippen LogP contribution in [0.25, 0.3) is 0 Å². The van der Waals surface area contributed by atoms with Gasteiger partial charge < -0.3 is 9.31 Å². The van der Waals surface area contributed by atoms with E-state index >= 15 is 0 Å². The van der Waals surface area contributed by atoms with Gasteiger partial charge in [-0.15, -0.1) is 0 Å². The Balaban J connectivity index is 2.41. The summed E-state index contributed by atoms with van der Waals surface area (Å²) in [6, 6.07) is 3.34. The van der Waals surface area contributed by atoms with Crippen LogP contribution < -0.4 is 5.46 Å². The van der Waals surface area contributed by atoms with Gasteiger partial charge in [-0.05, 0) is 55.8 Å². The number of rotatable bonds is 1. The van der Waals surface area contributed by atoms with Gasteiger partial charge in [-0.1, -0.05) is 15.9 Å². The molecule has 1 fully saturated rings. The van der Waals surface area contributed by atoms with Gasteiger partial charge in [0.05, 0.1) is 15.7 Å². The molecule has 0 N–H and O–H groups in total. The maximum absolute atomic E-state index is 14.1. The van der Waals surface area contributed by atoms with Crippen molar-refractivity contribution < 1.29 is 13.7 Å². The highest BCUT2D eigenvalue weighted by molar-refractivity contribution is 9.11. The van der Waals surface area contributed by atoms with Crippen molar-refractivity contribution >= 4 is 44.4 Å². The van der Waals surface area contributed by atoms with Crippen molar-refractivity contribution in [1.82, 2.24) is 0 Å². The summed E-state index contributed by atoms with van der Waals surface area (Å²) in [5.74, 6) is -0.350. The molecule has 0 spiro atoms. The monoisotopic (exact) mass is 378 g/mol. The minimum atomic E-state index is -0.691. The molecular weight excluding hydrogens is 366 g/mol. The molecule has 2 nitrogen and oxygen atoms in total. The Hall–Kier alpha value is 0.0949. The molecule has 0 aliphatic carbocycles. The van der Waals surface area contributed by atoms with Gasteiger partial charge in [0.1, 0.15) is 5.82 Å². The predicted octanol–water partition coefficient (Wildman–Crippen LogP) is 3.65. The highest BCUT2D eigenvalue weighted by atomic mass is 79.9. The van der Waals surface area contributed by atoms with Gasteiger partial charge >= 0.3 is 7.12 Å². The Morgan fingerprint density at radius 2 is 1.56 bits per heavy atom. The molecule has 0 bridgehead atoms. The minimum absolute atomic E-state index is 0.350. The Labute approximate surface area is 124 Å². The van der Waals surface area contributed by atoms with Crippen LogP contribution >= 0.6 is 31.9 Å². The summed E-state index contributed by atoms with van der Waals surface area (Å²) in [6.07, 6.45) is 0. The van der Waals surface area contributed by atoms with E-state index in [1.54, 1.807) is 12.1 Å². The fourth-order valence-electron chi connectivity index (χ4n) is 1.72. The molecule has 98 valence electrons. The fraction of sp³-hybridized carbons (Fsp3) is 0.500. The third-order valence-corrected chi connectivity index (χ3v) is 4.56. The summed E-state index contributed by atoms with van der Waals surface area (Å²) in [5.41, 5.74) is -0.549. The predicted molar refractivity (Wildman–Crippen MR) is 77.5 cm³/mol. The van der Waals surface area contributed by atoms with Gasteiger partial charge in [-0.2, -0.15) is 0 Å². The Bertz CT molecular complexity index is 475. The zero-order chi connectivity index (χ0) is 13.7. The van der Waals surface area contributed by atoms with Crippen LogP contribution in [0.4, 0.5) is 4.39 Å². The van der Waals surface area contributed by atoms with E-state index in [0.717, 1.165) is 4.47 Å². The standard InChI is InChI=1S/C12H14BBr2FO2/c1-11(2)12(3,4)18-13(17-11)8-5-7(14)6-9(15)10(8)16/h5-6H,1-4H3. The highest BCUT2D eigenvalue weighted by Gasteiger charge is 2.52. The average Bonchev–Trinajstić information content (AvgIpc) is 2.42. The molecule has 0 unspecified atom stereocenters. The number of hydrogen-bond acceptors (Lipinski definition) is 2. The minimum Gasteiger partial charge on any atom is -0.399 e. The molecule has 1 aliphatic rings. The summed E-state index contributed by atoms with van der Waals surface area (Å²) in [6.45, 7) is 7.77. The normalized spacial score (nSPS) is 21.4. The molecule has 0 amide bonds. The first-order valence-electron chi connectivity index (χ1n) is 5.64. The van der Waals surface area contributed by atoms with Gasteiger partial charge in [-0.3, -0.25) is 0 Å². The van der Waals surface area contributed by atoms with Crippen molar-refractivity contribution in [3.63, 3.8) is 0 Å². The van der Waals surface area contributed by atoms with Crippen LogP contribution in [0.3, 0.4) is 0 Å². The van der Waals surface area contributed by atoms with Crippen molar-refractivity contribution in [1.29, 1.82) is 0 Å². The Morgan fingerprint density at radius 3 is 2.06 bits per heavy atom. The molecule has 18 heavy (non-hydrogen) atoms. The molecule has 0 aromatic heterocycles. The van der Waals surface area contributed by atoms with E-state index in [2.05, 4.69) is 31.9 Å². The molecule has 1 aromatic rings. The highest BCUT2D eigenvalue weighted by Crippen LogP contribution is 2.37. The Kier molecular flexibility index (Phi) is 3.69. The van der Waals surface area contributed by atoms with Gasteiger partial charge in [-0.25, -0.2) is 4.39 Å². The summed E-state index contributed by atoms with van der Waals surface area (Å²) in [7, 11) is -0.691. The lowest BCUT2D eigenvalue weighted by molar-refractivity contribution is 0.00578. The topological polar surface area (TPSA) is 18.5 Å². The molecule has 0 radical (unpaired) electrons. The maximum Gasteiger partial charge on any atom is 0.497 e. The summed E-state index contributed by atoms with van der Waals surface area (Å²) >= 11 is 6.53. The third kappa shape index (κ3) is 2.40. The van der Waals surface area contributed by atoms with Crippen LogP contribution in [0.1, 0.15) is 27.7 Å². The Morgan fingerprint density at radius 1 is 1.06 bits per heavy atom. The first kappa shape index (κ1) is 14.5. The van der Waals surface area contributed by atoms with Crippen LogP contribution in [-0.4, -0.2) is 18.3 Å². The van der Waals surface area contributed by atoms with Crippen LogP contribution in [0.2, 0.25) is 0 Å². The second kappa shape index (κ2) is 4.58. The molecule has 1 saturated heterocycles. The number of benzene rings is 1. The van der Waals surface area contributed by atoms with Crippen LogP contribution in [0.15, 0.2) is 21.1 Å². The number of halogens is 3. The summed E-state index contributed by atoms with van der Waals surface area (Å²) in [4.78, 5) is 0. The van der Waals surface area contributed by atoms with E-state index in [1.165, 1.54) is 0 Å². The maximum atomic E-state index is 14.1. The molecule has 1 heterocycles. The zero-order valence-corrected chi connectivity index (χ0v) is 13.9. The molecule has 0 atom stereocenters. The zero-order valence-electron chi connectivity index (χ0n) is 10.7. The quantitative estimate of drug-likeness (QED) is 0.547.